The lowest BCUT2D eigenvalue weighted by molar-refractivity contribution is 0.416. The van der Waals surface area contributed by atoms with E-state index in [0.29, 0.717) is 6.04 Å². The van der Waals surface area contributed by atoms with Gasteiger partial charge in [-0.1, -0.05) is 57.0 Å². The van der Waals surface area contributed by atoms with Gasteiger partial charge in [0, 0.05) is 6.04 Å². The molecule has 16 heavy (non-hydrogen) atoms. The van der Waals surface area contributed by atoms with Crippen molar-refractivity contribution in [3.8, 4) is 0 Å². The van der Waals surface area contributed by atoms with Gasteiger partial charge >= 0.3 is 0 Å². The third kappa shape index (κ3) is 4.80. The topological polar surface area (TPSA) is 12.0 Å². The fourth-order valence-electron chi connectivity index (χ4n) is 1.99. The first-order valence-corrected chi connectivity index (χ1v) is 6.53. The van der Waals surface area contributed by atoms with Crippen LogP contribution in [0.4, 0.5) is 0 Å². The second-order valence-electron chi connectivity index (χ2n) is 4.68. The highest BCUT2D eigenvalue weighted by Crippen LogP contribution is 2.07. The molecule has 0 saturated carbocycles. The van der Waals surface area contributed by atoms with Crippen LogP contribution in [0.2, 0.25) is 0 Å². The van der Waals surface area contributed by atoms with Crippen molar-refractivity contribution in [3.63, 3.8) is 0 Å². The molecule has 0 aliphatic rings. The van der Waals surface area contributed by atoms with Gasteiger partial charge in [-0.3, -0.25) is 0 Å². The van der Waals surface area contributed by atoms with E-state index in [9.17, 15) is 0 Å². The lowest BCUT2D eigenvalue weighted by Gasteiger charge is -2.18. The second kappa shape index (κ2) is 7.45. The van der Waals surface area contributed by atoms with Gasteiger partial charge in [-0.05, 0) is 31.4 Å². The molecular weight excluding hydrogens is 194 g/mol. The molecule has 0 aliphatic carbocycles. The van der Waals surface area contributed by atoms with Crippen molar-refractivity contribution in [1.82, 2.24) is 5.32 Å². The van der Waals surface area contributed by atoms with Gasteiger partial charge in [0.2, 0.25) is 0 Å². The van der Waals surface area contributed by atoms with Crippen LogP contribution in [0.3, 0.4) is 0 Å². The van der Waals surface area contributed by atoms with Crippen molar-refractivity contribution in [3.05, 3.63) is 35.9 Å². The van der Waals surface area contributed by atoms with E-state index in [1.165, 1.54) is 18.4 Å². The maximum absolute atomic E-state index is 3.63. The molecule has 1 heteroatoms. The first-order chi connectivity index (χ1) is 7.76. The number of benzene rings is 1. The van der Waals surface area contributed by atoms with E-state index in [-0.39, 0.29) is 0 Å². The minimum Gasteiger partial charge on any atom is -0.314 e. The van der Waals surface area contributed by atoms with E-state index in [1.807, 2.05) is 0 Å². The van der Waals surface area contributed by atoms with Crippen LogP contribution in [0, 0.1) is 5.92 Å². The molecule has 0 fully saturated rings. The van der Waals surface area contributed by atoms with Crippen LogP contribution < -0.4 is 5.32 Å². The first kappa shape index (κ1) is 13.2. The van der Waals surface area contributed by atoms with Crippen LogP contribution in [0.5, 0.6) is 0 Å². The van der Waals surface area contributed by atoms with Gasteiger partial charge in [0.25, 0.3) is 0 Å². The van der Waals surface area contributed by atoms with Crippen LogP contribution in [-0.4, -0.2) is 12.6 Å². The Morgan fingerprint density at radius 3 is 2.25 bits per heavy atom. The van der Waals surface area contributed by atoms with Crippen molar-refractivity contribution in [2.45, 2.75) is 46.1 Å². The van der Waals surface area contributed by atoms with Crippen LogP contribution >= 0.6 is 0 Å². The zero-order valence-corrected chi connectivity index (χ0v) is 10.9. The number of rotatable bonds is 7. The summed E-state index contributed by atoms with van der Waals surface area (Å²) in [7, 11) is 0. The summed E-state index contributed by atoms with van der Waals surface area (Å²) in [4.78, 5) is 0. The number of hydrogen-bond donors (Lipinski definition) is 1. The predicted molar refractivity (Wildman–Crippen MR) is 71.7 cm³/mol. The highest BCUT2D eigenvalue weighted by molar-refractivity contribution is 5.15. The summed E-state index contributed by atoms with van der Waals surface area (Å²) in [6.07, 6.45) is 3.68. The van der Waals surface area contributed by atoms with Gasteiger partial charge in [0.05, 0.1) is 0 Å². The number of hydrogen-bond acceptors (Lipinski definition) is 1. The van der Waals surface area contributed by atoms with E-state index in [1.54, 1.807) is 0 Å². The average molecular weight is 219 g/mol. The molecule has 0 saturated heterocycles. The van der Waals surface area contributed by atoms with Gasteiger partial charge in [-0.25, -0.2) is 0 Å². The Bertz CT molecular complexity index is 264. The molecule has 1 aromatic rings. The molecule has 90 valence electrons. The van der Waals surface area contributed by atoms with Gasteiger partial charge in [-0.2, -0.15) is 0 Å². The summed E-state index contributed by atoms with van der Waals surface area (Å²) in [6.45, 7) is 7.98. The van der Waals surface area contributed by atoms with Crippen molar-refractivity contribution in [1.29, 1.82) is 0 Å². The Balaban J connectivity index is 2.28. The SMILES string of the molecule is CCC(CC)CNC(C)Cc1ccccc1. The molecule has 0 bridgehead atoms. The molecule has 1 unspecified atom stereocenters. The minimum atomic E-state index is 0.572. The highest BCUT2D eigenvalue weighted by atomic mass is 14.9. The van der Waals surface area contributed by atoms with E-state index in [4.69, 9.17) is 0 Å². The van der Waals surface area contributed by atoms with Crippen LogP contribution in [-0.2, 0) is 6.42 Å². The van der Waals surface area contributed by atoms with Crippen LogP contribution in [0.15, 0.2) is 30.3 Å². The fourth-order valence-corrected chi connectivity index (χ4v) is 1.99. The minimum absolute atomic E-state index is 0.572. The molecule has 1 rings (SSSR count). The molecule has 0 amide bonds. The van der Waals surface area contributed by atoms with Gasteiger partial charge in [0.1, 0.15) is 0 Å². The van der Waals surface area contributed by atoms with Crippen molar-refractivity contribution in [2.75, 3.05) is 6.54 Å². The van der Waals surface area contributed by atoms with E-state index < -0.39 is 0 Å². The quantitative estimate of drug-likeness (QED) is 0.738. The second-order valence-corrected chi connectivity index (χ2v) is 4.68. The van der Waals surface area contributed by atoms with Crippen molar-refractivity contribution < 1.29 is 0 Å². The van der Waals surface area contributed by atoms with Crippen LogP contribution in [0.1, 0.15) is 39.2 Å². The zero-order valence-electron chi connectivity index (χ0n) is 10.9. The summed E-state index contributed by atoms with van der Waals surface area (Å²) < 4.78 is 0. The third-order valence-corrected chi connectivity index (χ3v) is 3.29. The zero-order chi connectivity index (χ0) is 11.8. The molecule has 0 radical (unpaired) electrons. The molecular formula is C15H25N. The summed E-state index contributed by atoms with van der Waals surface area (Å²) in [6, 6.07) is 11.3. The fraction of sp³-hybridized carbons (Fsp3) is 0.600. The Morgan fingerprint density at radius 2 is 1.69 bits per heavy atom. The Kier molecular flexibility index (Phi) is 6.17. The van der Waals surface area contributed by atoms with Gasteiger partial charge in [0.15, 0.2) is 0 Å². The van der Waals surface area contributed by atoms with Crippen LogP contribution in [0.25, 0.3) is 0 Å². The molecule has 0 spiro atoms. The molecule has 0 aromatic heterocycles. The molecule has 0 aliphatic heterocycles. The van der Waals surface area contributed by atoms with Crippen molar-refractivity contribution >= 4 is 0 Å². The normalized spacial score (nSPS) is 13.0. The summed E-state index contributed by atoms with van der Waals surface area (Å²) >= 11 is 0. The lowest BCUT2D eigenvalue weighted by atomic mass is 10.0. The first-order valence-electron chi connectivity index (χ1n) is 6.53. The van der Waals surface area contributed by atoms with Gasteiger partial charge < -0.3 is 5.32 Å². The van der Waals surface area contributed by atoms with E-state index >= 15 is 0 Å². The molecule has 1 N–H and O–H groups in total. The molecule has 1 atom stereocenters. The lowest BCUT2D eigenvalue weighted by Crippen LogP contribution is -2.32. The van der Waals surface area contributed by atoms with E-state index in [2.05, 4.69) is 56.4 Å². The summed E-state index contributed by atoms with van der Waals surface area (Å²) in [5.74, 6) is 0.832. The summed E-state index contributed by atoms with van der Waals surface area (Å²) in [5, 5.41) is 3.63. The standard InChI is InChI=1S/C15H25N/c1-4-14(5-2)12-16-13(3)11-15-9-7-6-8-10-15/h6-10,13-14,16H,4-5,11-12H2,1-3H3. The molecule has 1 aromatic carbocycles. The summed E-state index contributed by atoms with van der Waals surface area (Å²) in [5.41, 5.74) is 1.42. The van der Waals surface area contributed by atoms with Crippen molar-refractivity contribution in [2.24, 2.45) is 5.92 Å². The maximum atomic E-state index is 3.63. The predicted octanol–water partition coefficient (Wildman–Crippen LogP) is 3.64. The highest BCUT2D eigenvalue weighted by Gasteiger charge is 2.06. The Hall–Kier alpha value is -0.820. The van der Waals surface area contributed by atoms with E-state index in [0.717, 1.165) is 18.9 Å². The molecule has 1 nitrogen and oxygen atoms in total. The molecule has 0 heterocycles. The van der Waals surface area contributed by atoms with Gasteiger partial charge in [-0.15, -0.1) is 0 Å². The smallest absolute Gasteiger partial charge is 0.00792 e. The average Bonchev–Trinajstić information content (AvgIpc) is 2.31. The maximum Gasteiger partial charge on any atom is 0.00792 e. The Labute approximate surface area is 100 Å². The monoisotopic (exact) mass is 219 g/mol. The Morgan fingerprint density at radius 1 is 1.06 bits per heavy atom. The largest absolute Gasteiger partial charge is 0.314 e. The third-order valence-electron chi connectivity index (χ3n) is 3.29. The number of nitrogens with one attached hydrogen (secondary N) is 1.